The van der Waals surface area contributed by atoms with Crippen molar-refractivity contribution in [1.82, 2.24) is 20.0 Å². The summed E-state index contributed by atoms with van der Waals surface area (Å²) in [6.45, 7) is 2.62. The van der Waals surface area contributed by atoms with E-state index in [4.69, 9.17) is 13.7 Å². The lowest BCUT2D eigenvalue weighted by atomic mass is 10.2. The van der Waals surface area contributed by atoms with E-state index in [1.165, 1.54) is 0 Å². The van der Waals surface area contributed by atoms with Gasteiger partial charge in [0.05, 0.1) is 25.0 Å². The van der Waals surface area contributed by atoms with E-state index in [0.717, 1.165) is 30.9 Å². The molecule has 7 heteroatoms. The molecule has 0 spiro atoms. The molecule has 130 valence electrons. The smallest absolute Gasteiger partial charge is 0.255 e. The number of furan rings is 1. The van der Waals surface area contributed by atoms with Gasteiger partial charge in [0.25, 0.3) is 5.89 Å². The van der Waals surface area contributed by atoms with Crippen LogP contribution in [-0.2, 0) is 24.4 Å². The highest BCUT2D eigenvalue weighted by Crippen LogP contribution is 2.27. The Morgan fingerprint density at radius 3 is 2.88 bits per heavy atom. The second kappa shape index (κ2) is 7.58. The molecule has 0 aromatic carbocycles. The average molecular weight is 340 g/mol. The molecular weight excluding hydrogens is 320 g/mol. The van der Waals surface area contributed by atoms with Crippen LogP contribution in [0.5, 0.6) is 0 Å². The van der Waals surface area contributed by atoms with Crippen molar-refractivity contribution in [3.8, 4) is 0 Å². The zero-order valence-electron chi connectivity index (χ0n) is 13.9. The highest BCUT2D eigenvalue weighted by molar-refractivity contribution is 5.05. The number of aromatic nitrogens is 3. The largest absolute Gasteiger partial charge is 0.468 e. The summed E-state index contributed by atoms with van der Waals surface area (Å²) in [6, 6.07) is 9.74. The van der Waals surface area contributed by atoms with Crippen molar-refractivity contribution in [3.63, 3.8) is 0 Å². The highest BCUT2D eigenvalue weighted by Gasteiger charge is 2.24. The lowest BCUT2D eigenvalue weighted by molar-refractivity contribution is 0.0835. The quantitative estimate of drug-likeness (QED) is 0.654. The third-order valence-electron chi connectivity index (χ3n) is 4.13. The Kier molecular flexibility index (Phi) is 4.85. The zero-order valence-corrected chi connectivity index (χ0v) is 13.9. The second-order valence-electron chi connectivity index (χ2n) is 6.10. The van der Waals surface area contributed by atoms with E-state index in [0.29, 0.717) is 31.3 Å². The molecule has 0 amide bonds. The van der Waals surface area contributed by atoms with E-state index in [1.54, 1.807) is 12.5 Å². The van der Waals surface area contributed by atoms with Gasteiger partial charge in [-0.3, -0.25) is 9.88 Å². The second-order valence-corrected chi connectivity index (χ2v) is 6.10. The maximum Gasteiger partial charge on any atom is 0.255 e. The molecule has 0 radical (unpaired) electrons. The van der Waals surface area contributed by atoms with E-state index in [9.17, 15) is 0 Å². The Bertz CT molecular complexity index is 767. The van der Waals surface area contributed by atoms with Gasteiger partial charge in [-0.2, -0.15) is 4.98 Å². The Morgan fingerprint density at radius 2 is 2.12 bits per heavy atom. The van der Waals surface area contributed by atoms with Gasteiger partial charge >= 0.3 is 0 Å². The third kappa shape index (κ3) is 4.12. The maximum absolute atomic E-state index is 5.60. The fourth-order valence-electron chi connectivity index (χ4n) is 2.95. The van der Waals surface area contributed by atoms with Gasteiger partial charge in [-0.25, -0.2) is 0 Å². The molecule has 0 saturated carbocycles. The van der Waals surface area contributed by atoms with Gasteiger partial charge < -0.3 is 13.7 Å². The monoisotopic (exact) mass is 340 g/mol. The maximum atomic E-state index is 5.60. The van der Waals surface area contributed by atoms with Crippen LogP contribution in [0, 0.1) is 0 Å². The molecule has 3 aromatic rings. The van der Waals surface area contributed by atoms with Gasteiger partial charge in [-0.15, -0.1) is 0 Å². The summed E-state index contributed by atoms with van der Waals surface area (Å²) in [5.74, 6) is 2.11. The van der Waals surface area contributed by atoms with Crippen LogP contribution in [0.15, 0.2) is 51.7 Å². The van der Waals surface area contributed by atoms with Gasteiger partial charge in [0.15, 0.2) is 5.82 Å². The van der Waals surface area contributed by atoms with Crippen LogP contribution < -0.4 is 0 Å². The molecule has 1 aliphatic heterocycles. The summed E-state index contributed by atoms with van der Waals surface area (Å²) < 4.78 is 16.5. The van der Waals surface area contributed by atoms with E-state index < -0.39 is 0 Å². The van der Waals surface area contributed by atoms with Crippen molar-refractivity contribution in [1.29, 1.82) is 0 Å². The predicted molar refractivity (Wildman–Crippen MR) is 88.1 cm³/mol. The summed E-state index contributed by atoms with van der Waals surface area (Å²) >= 11 is 0. The van der Waals surface area contributed by atoms with Crippen molar-refractivity contribution >= 4 is 0 Å². The van der Waals surface area contributed by atoms with Crippen LogP contribution in [-0.4, -0.2) is 26.6 Å². The van der Waals surface area contributed by atoms with Crippen LogP contribution in [0.25, 0.3) is 0 Å². The number of ether oxygens (including phenoxy) is 1. The van der Waals surface area contributed by atoms with E-state index >= 15 is 0 Å². The summed E-state index contributed by atoms with van der Waals surface area (Å²) in [6.07, 6.45) is 5.39. The molecule has 4 heterocycles. The summed E-state index contributed by atoms with van der Waals surface area (Å²) in [4.78, 5) is 11.1. The standard InChI is InChI=1S/C18H20N4O3/c1-2-8-19-14(5-1)11-22(12-15-6-3-9-23-15)13-17-20-18(25-21-17)16-7-4-10-24-16/h1-3,5-6,8-9,16H,4,7,10-13H2/t16-/m0/s1. The van der Waals surface area contributed by atoms with Crippen LogP contribution in [0.1, 0.15) is 42.1 Å². The first-order valence-electron chi connectivity index (χ1n) is 8.45. The number of hydrogen-bond donors (Lipinski definition) is 0. The number of pyridine rings is 1. The number of hydrogen-bond acceptors (Lipinski definition) is 7. The minimum Gasteiger partial charge on any atom is -0.468 e. The molecule has 1 fully saturated rings. The minimum atomic E-state index is -0.0597. The fraction of sp³-hybridized carbons (Fsp3) is 0.389. The van der Waals surface area contributed by atoms with Gasteiger partial charge in [0.1, 0.15) is 11.9 Å². The normalized spacial score (nSPS) is 17.4. The van der Waals surface area contributed by atoms with Gasteiger partial charge in [0, 0.05) is 19.3 Å². The van der Waals surface area contributed by atoms with Crippen molar-refractivity contribution in [3.05, 3.63) is 66.0 Å². The fourth-order valence-corrected chi connectivity index (χ4v) is 2.95. The van der Waals surface area contributed by atoms with Crippen LogP contribution in [0.2, 0.25) is 0 Å². The molecule has 4 rings (SSSR count). The molecule has 0 unspecified atom stereocenters. The van der Waals surface area contributed by atoms with Gasteiger partial charge in [-0.1, -0.05) is 11.2 Å². The Balaban J connectivity index is 1.47. The zero-order chi connectivity index (χ0) is 16.9. The Morgan fingerprint density at radius 1 is 1.12 bits per heavy atom. The average Bonchev–Trinajstić information content (AvgIpc) is 3.38. The molecule has 1 saturated heterocycles. The van der Waals surface area contributed by atoms with E-state index in [1.807, 2.05) is 30.3 Å². The molecule has 1 aliphatic rings. The third-order valence-corrected chi connectivity index (χ3v) is 4.13. The lowest BCUT2D eigenvalue weighted by Gasteiger charge is -2.18. The van der Waals surface area contributed by atoms with Crippen LogP contribution in [0.3, 0.4) is 0 Å². The molecule has 0 bridgehead atoms. The first-order chi connectivity index (χ1) is 12.4. The van der Waals surface area contributed by atoms with Gasteiger partial charge in [-0.05, 0) is 37.1 Å². The summed E-state index contributed by atoms with van der Waals surface area (Å²) in [5.41, 5.74) is 0.983. The van der Waals surface area contributed by atoms with Crippen molar-refractivity contribution < 1.29 is 13.7 Å². The van der Waals surface area contributed by atoms with Crippen LogP contribution >= 0.6 is 0 Å². The molecule has 0 N–H and O–H groups in total. The Labute approximate surface area is 145 Å². The molecule has 0 aliphatic carbocycles. The molecule has 7 nitrogen and oxygen atoms in total. The minimum absolute atomic E-state index is 0.0597. The van der Waals surface area contributed by atoms with E-state index in [2.05, 4.69) is 20.0 Å². The SMILES string of the molecule is c1ccc(CN(Cc2noc([C@@H]3CCCO3)n2)Cc2ccco2)nc1. The lowest BCUT2D eigenvalue weighted by Crippen LogP contribution is -2.23. The first-order valence-corrected chi connectivity index (χ1v) is 8.45. The molecule has 1 atom stereocenters. The predicted octanol–water partition coefficient (Wildman–Crippen LogP) is 3.11. The molecular formula is C18H20N4O3. The first kappa shape index (κ1) is 16.0. The van der Waals surface area contributed by atoms with E-state index in [-0.39, 0.29) is 6.10 Å². The molecule has 3 aromatic heterocycles. The highest BCUT2D eigenvalue weighted by atomic mass is 16.5. The van der Waals surface area contributed by atoms with Crippen LogP contribution in [0.4, 0.5) is 0 Å². The van der Waals surface area contributed by atoms with Crippen molar-refractivity contribution in [2.45, 2.75) is 38.6 Å². The number of nitrogens with zero attached hydrogens (tertiary/aromatic N) is 4. The topological polar surface area (TPSA) is 77.4 Å². The van der Waals surface area contributed by atoms with Gasteiger partial charge in [0.2, 0.25) is 0 Å². The summed E-state index contributed by atoms with van der Waals surface area (Å²) in [7, 11) is 0. The molecule has 25 heavy (non-hydrogen) atoms. The summed E-state index contributed by atoms with van der Waals surface area (Å²) in [5, 5.41) is 4.11. The van der Waals surface area contributed by atoms with Crippen molar-refractivity contribution in [2.24, 2.45) is 0 Å². The van der Waals surface area contributed by atoms with Crippen molar-refractivity contribution in [2.75, 3.05) is 6.61 Å². The number of rotatable bonds is 7. The Hall–Kier alpha value is -2.51.